The Kier molecular flexibility index (Phi) is 6.95. The van der Waals surface area contributed by atoms with Crippen LogP contribution < -0.4 is 5.32 Å². The van der Waals surface area contributed by atoms with Gasteiger partial charge in [0.2, 0.25) is 0 Å². The second kappa shape index (κ2) is 7.96. The van der Waals surface area contributed by atoms with Gasteiger partial charge in [0.1, 0.15) is 0 Å². The minimum absolute atomic E-state index is 0.664. The molecule has 0 saturated heterocycles. The van der Waals surface area contributed by atoms with Crippen molar-refractivity contribution in [2.45, 2.75) is 66.5 Å². The molecule has 0 radical (unpaired) electrons. The van der Waals surface area contributed by atoms with Gasteiger partial charge in [0.15, 0.2) is 0 Å². The van der Waals surface area contributed by atoms with Crippen molar-refractivity contribution in [1.29, 1.82) is 0 Å². The molecule has 1 aromatic heterocycles. The van der Waals surface area contributed by atoms with Crippen LogP contribution in [-0.4, -0.2) is 6.04 Å². The van der Waals surface area contributed by atoms with Crippen molar-refractivity contribution in [3.05, 3.63) is 21.9 Å². The molecular formula is C16H29NS. The van der Waals surface area contributed by atoms with E-state index in [2.05, 4.69) is 52.1 Å². The second-order valence-corrected chi connectivity index (χ2v) is 7.31. The molecular weight excluding hydrogens is 238 g/mol. The molecule has 0 aromatic carbocycles. The van der Waals surface area contributed by atoms with E-state index in [1.807, 2.05) is 11.3 Å². The van der Waals surface area contributed by atoms with E-state index in [0.29, 0.717) is 6.04 Å². The number of rotatable bonds is 8. The summed E-state index contributed by atoms with van der Waals surface area (Å²) in [6.07, 6.45) is 3.72. The summed E-state index contributed by atoms with van der Waals surface area (Å²) in [6.45, 7) is 12.5. The van der Waals surface area contributed by atoms with Crippen LogP contribution in [-0.2, 0) is 13.0 Å². The first-order chi connectivity index (χ1) is 8.51. The monoisotopic (exact) mass is 267 g/mol. The number of thiophene rings is 1. The third-order valence-electron chi connectivity index (χ3n) is 3.14. The van der Waals surface area contributed by atoms with Gasteiger partial charge in [-0.15, -0.1) is 11.3 Å². The highest BCUT2D eigenvalue weighted by molar-refractivity contribution is 7.11. The summed E-state index contributed by atoms with van der Waals surface area (Å²) in [4.78, 5) is 2.97. The van der Waals surface area contributed by atoms with Crippen LogP contribution in [0.4, 0.5) is 0 Å². The van der Waals surface area contributed by atoms with Gasteiger partial charge in [0, 0.05) is 22.3 Å². The van der Waals surface area contributed by atoms with Crippen LogP contribution in [0, 0.1) is 11.8 Å². The second-order valence-electron chi connectivity index (χ2n) is 6.06. The smallest absolute Gasteiger partial charge is 0.0302 e. The minimum atomic E-state index is 0.664. The molecule has 1 nitrogen and oxygen atoms in total. The van der Waals surface area contributed by atoms with E-state index in [-0.39, 0.29) is 0 Å². The van der Waals surface area contributed by atoms with Gasteiger partial charge in [-0.25, -0.2) is 0 Å². The normalized spacial score (nSPS) is 12.0. The summed E-state index contributed by atoms with van der Waals surface area (Å²) < 4.78 is 0. The highest BCUT2D eigenvalue weighted by Gasteiger charge is 2.12. The van der Waals surface area contributed by atoms with Gasteiger partial charge in [-0.1, -0.05) is 34.6 Å². The molecule has 0 bridgehead atoms. The van der Waals surface area contributed by atoms with Crippen molar-refractivity contribution < 1.29 is 0 Å². The first-order valence-electron chi connectivity index (χ1n) is 7.32. The molecule has 1 heterocycles. The Morgan fingerprint density at radius 3 is 2.00 bits per heavy atom. The number of hydrogen-bond donors (Lipinski definition) is 1. The van der Waals surface area contributed by atoms with Crippen molar-refractivity contribution >= 4 is 11.3 Å². The molecule has 2 heteroatoms. The first kappa shape index (κ1) is 15.7. The fourth-order valence-corrected chi connectivity index (χ4v) is 3.26. The van der Waals surface area contributed by atoms with Gasteiger partial charge in [-0.3, -0.25) is 0 Å². The Balaban J connectivity index is 2.44. The third-order valence-corrected chi connectivity index (χ3v) is 4.37. The maximum atomic E-state index is 3.75. The molecule has 0 spiro atoms. The molecule has 0 atom stereocenters. The van der Waals surface area contributed by atoms with Crippen LogP contribution in [0.5, 0.6) is 0 Å². The molecule has 1 rings (SSSR count). The lowest BCUT2D eigenvalue weighted by Crippen LogP contribution is -2.31. The van der Waals surface area contributed by atoms with E-state index in [1.165, 1.54) is 22.6 Å². The molecule has 1 N–H and O–H groups in total. The van der Waals surface area contributed by atoms with Crippen molar-refractivity contribution in [1.82, 2.24) is 5.32 Å². The lowest BCUT2D eigenvalue weighted by atomic mass is 9.95. The van der Waals surface area contributed by atoms with E-state index < -0.39 is 0 Å². The van der Waals surface area contributed by atoms with Gasteiger partial charge in [0.25, 0.3) is 0 Å². The van der Waals surface area contributed by atoms with E-state index in [1.54, 1.807) is 0 Å². The zero-order valence-electron chi connectivity index (χ0n) is 12.6. The minimum Gasteiger partial charge on any atom is -0.309 e. The quantitative estimate of drug-likeness (QED) is 0.709. The Morgan fingerprint density at radius 1 is 1.00 bits per heavy atom. The summed E-state index contributed by atoms with van der Waals surface area (Å²) in [6, 6.07) is 5.21. The van der Waals surface area contributed by atoms with Crippen LogP contribution in [0.25, 0.3) is 0 Å². The largest absolute Gasteiger partial charge is 0.309 e. The summed E-state index contributed by atoms with van der Waals surface area (Å²) in [5.41, 5.74) is 0. The van der Waals surface area contributed by atoms with Gasteiger partial charge >= 0.3 is 0 Å². The maximum absolute atomic E-state index is 3.75. The van der Waals surface area contributed by atoms with Crippen LogP contribution in [0.2, 0.25) is 0 Å². The van der Waals surface area contributed by atoms with Crippen LogP contribution >= 0.6 is 11.3 Å². The molecule has 18 heavy (non-hydrogen) atoms. The third kappa shape index (κ3) is 6.01. The number of nitrogens with one attached hydrogen (secondary N) is 1. The van der Waals surface area contributed by atoms with Crippen LogP contribution in [0.3, 0.4) is 0 Å². The van der Waals surface area contributed by atoms with Gasteiger partial charge in [-0.05, 0) is 43.2 Å². The molecule has 0 unspecified atom stereocenters. The van der Waals surface area contributed by atoms with E-state index in [4.69, 9.17) is 0 Å². The van der Waals surface area contributed by atoms with E-state index in [9.17, 15) is 0 Å². The molecule has 0 aliphatic rings. The summed E-state index contributed by atoms with van der Waals surface area (Å²) in [7, 11) is 0. The molecule has 0 fully saturated rings. The highest BCUT2D eigenvalue weighted by Crippen LogP contribution is 2.18. The highest BCUT2D eigenvalue weighted by atomic mass is 32.1. The van der Waals surface area contributed by atoms with Crippen LogP contribution in [0.15, 0.2) is 12.1 Å². The summed E-state index contributed by atoms with van der Waals surface area (Å²) in [5, 5.41) is 3.75. The van der Waals surface area contributed by atoms with Crippen molar-refractivity contribution in [2.24, 2.45) is 11.8 Å². The lowest BCUT2D eigenvalue weighted by Gasteiger charge is -2.22. The van der Waals surface area contributed by atoms with Crippen molar-refractivity contribution in [3.63, 3.8) is 0 Å². The molecule has 0 saturated carbocycles. The Bertz CT molecular complexity index is 318. The fourth-order valence-electron chi connectivity index (χ4n) is 2.35. The Hall–Kier alpha value is -0.340. The molecule has 104 valence electrons. The SMILES string of the molecule is CCc1ccc(CNC(CC(C)C)CC(C)C)s1. The predicted molar refractivity (Wildman–Crippen MR) is 83.2 cm³/mol. The van der Waals surface area contributed by atoms with Crippen molar-refractivity contribution in [3.8, 4) is 0 Å². The molecule has 1 aromatic rings. The number of hydrogen-bond acceptors (Lipinski definition) is 2. The fraction of sp³-hybridized carbons (Fsp3) is 0.750. The van der Waals surface area contributed by atoms with Gasteiger partial charge < -0.3 is 5.32 Å². The Morgan fingerprint density at radius 2 is 1.56 bits per heavy atom. The molecule has 0 amide bonds. The summed E-state index contributed by atoms with van der Waals surface area (Å²) in [5.74, 6) is 1.55. The standard InChI is InChI=1S/C16H29NS/c1-6-15-7-8-16(18-15)11-17-14(9-12(2)3)10-13(4)5/h7-8,12-14,17H,6,9-11H2,1-5H3. The lowest BCUT2D eigenvalue weighted by molar-refractivity contribution is 0.359. The maximum Gasteiger partial charge on any atom is 0.0302 e. The van der Waals surface area contributed by atoms with Crippen molar-refractivity contribution in [2.75, 3.05) is 0 Å². The van der Waals surface area contributed by atoms with Crippen LogP contribution in [0.1, 0.15) is 57.2 Å². The number of aryl methyl sites for hydroxylation is 1. The van der Waals surface area contributed by atoms with E-state index >= 15 is 0 Å². The first-order valence-corrected chi connectivity index (χ1v) is 8.13. The average molecular weight is 267 g/mol. The van der Waals surface area contributed by atoms with Gasteiger partial charge in [-0.2, -0.15) is 0 Å². The average Bonchev–Trinajstić information content (AvgIpc) is 2.72. The van der Waals surface area contributed by atoms with E-state index in [0.717, 1.165) is 24.8 Å². The summed E-state index contributed by atoms with van der Waals surface area (Å²) >= 11 is 1.95. The predicted octanol–water partition coefficient (Wildman–Crippen LogP) is 4.86. The molecule has 0 aliphatic carbocycles. The zero-order valence-corrected chi connectivity index (χ0v) is 13.4. The zero-order chi connectivity index (χ0) is 13.5. The topological polar surface area (TPSA) is 12.0 Å². The molecule has 0 aliphatic heterocycles. The Labute approximate surface area is 117 Å². The van der Waals surface area contributed by atoms with Gasteiger partial charge in [0.05, 0.1) is 0 Å².